The Kier molecular flexibility index (Phi) is 28.4. The van der Waals surface area contributed by atoms with Gasteiger partial charge in [-0.1, -0.05) is 109 Å². The Balaban J connectivity index is 4.00. The molecule has 0 radical (unpaired) electrons. The van der Waals surface area contributed by atoms with Crippen LogP contribution in [-0.2, 0) is 32.7 Å². The third-order valence-electron chi connectivity index (χ3n) is 7.30. The Morgan fingerprint density at radius 3 is 1.69 bits per heavy atom. The highest BCUT2D eigenvalue weighted by molar-refractivity contribution is 7.47. The molecule has 4 N–H and O–H groups in total. The number of esters is 1. The quantitative estimate of drug-likeness (QED) is 0.0247. The Hall–Kier alpha value is -1.78. The predicted octanol–water partition coefficient (Wildman–Crippen LogP) is 7.38. The van der Waals surface area contributed by atoms with Crippen LogP contribution in [0.25, 0.3) is 0 Å². The van der Waals surface area contributed by atoms with Crippen LogP contribution >= 0.6 is 7.82 Å². The summed E-state index contributed by atoms with van der Waals surface area (Å²) in [7, 11) is -4.73. The number of phosphoric acid groups is 1. The van der Waals surface area contributed by atoms with Crippen molar-refractivity contribution in [2.75, 3.05) is 19.8 Å². The van der Waals surface area contributed by atoms with E-state index in [-0.39, 0.29) is 12.8 Å². The number of carboxylic acids is 1. The van der Waals surface area contributed by atoms with E-state index < -0.39 is 57.6 Å². The molecule has 0 heterocycles. The minimum Gasteiger partial charge on any atom is -0.480 e. The van der Waals surface area contributed by atoms with Gasteiger partial charge in [0.2, 0.25) is 5.91 Å². The van der Waals surface area contributed by atoms with Crippen LogP contribution in [0.1, 0.15) is 149 Å². The SMILES string of the molecule is CCCCCCCCC/C=C\CCCCCCCC(=O)NC(COP(=O)(O)OCC(O)COC(=O)CCCCCCC)C(=O)O. The molecule has 1 amide bonds. The first-order chi connectivity index (χ1) is 21.6. The van der Waals surface area contributed by atoms with Gasteiger partial charge in [0.15, 0.2) is 6.04 Å². The minimum atomic E-state index is -4.73. The van der Waals surface area contributed by atoms with Gasteiger partial charge in [-0.2, -0.15) is 0 Å². The molecule has 12 heteroatoms. The van der Waals surface area contributed by atoms with Crippen molar-refractivity contribution in [1.29, 1.82) is 0 Å². The lowest BCUT2D eigenvalue weighted by Crippen LogP contribution is -2.43. The minimum absolute atomic E-state index is 0.138. The van der Waals surface area contributed by atoms with E-state index in [0.29, 0.717) is 12.8 Å². The number of nitrogens with one attached hydrogen (secondary N) is 1. The second-order valence-corrected chi connectivity index (χ2v) is 13.2. The van der Waals surface area contributed by atoms with Gasteiger partial charge in [-0.15, -0.1) is 0 Å². The van der Waals surface area contributed by atoms with Crippen LogP contribution in [0.5, 0.6) is 0 Å². The molecular formula is C33H62NO10P. The molecule has 0 aromatic heterocycles. The van der Waals surface area contributed by atoms with Gasteiger partial charge in [0.05, 0.1) is 13.2 Å². The van der Waals surface area contributed by atoms with Crippen LogP contribution in [0.2, 0.25) is 0 Å². The van der Waals surface area contributed by atoms with Gasteiger partial charge in [0.1, 0.15) is 12.7 Å². The molecule has 0 fully saturated rings. The van der Waals surface area contributed by atoms with Crippen LogP contribution < -0.4 is 5.32 Å². The molecule has 0 aliphatic carbocycles. The molecule has 0 saturated carbocycles. The van der Waals surface area contributed by atoms with Gasteiger partial charge in [0.25, 0.3) is 0 Å². The second-order valence-electron chi connectivity index (χ2n) is 11.7. The number of unbranched alkanes of at least 4 members (excludes halogenated alkanes) is 16. The van der Waals surface area contributed by atoms with Crippen LogP contribution in [0.4, 0.5) is 0 Å². The highest BCUT2D eigenvalue weighted by Gasteiger charge is 2.28. The Labute approximate surface area is 271 Å². The van der Waals surface area contributed by atoms with Crippen LogP contribution in [0.3, 0.4) is 0 Å². The lowest BCUT2D eigenvalue weighted by molar-refractivity contribution is -0.147. The average molecular weight is 664 g/mol. The fourth-order valence-electron chi connectivity index (χ4n) is 4.54. The summed E-state index contributed by atoms with van der Waals surface area (Å²) in [5.41, 5.74) is 0. The number of amides is 1. The van der Waals surface area contributed by atoms with Gasteiger partial charge in [-0.25, -0.2) is 9.36 Å². The first-order valence-electron chi connectivity index (χ1n) is 17.2. The number of rotatable bonds is 32. The topological polar surface area (TPSA) is 169 Å². The summed E-state index contributed by atoms with van der Waals surface area (Å²) in [6, 6.07) is -1.54. The zero-order valence-corrected chi connectivity index (χ0v) is 28.8. The van der Waals surface area contributed by atoms with E-state index in [0.717, 1.165) is 64.2 Å². The van der Waals surface area contributed by atoms with E-state index in [9.17, 15) is 34.1 Å². The molecule has 0 rings (SSSR count). The monoisotopic (exact) mass is 663 g/mol. The van der Waals surface area contributed by atoms with E-state index in [1.165, 1.54) is 44.9 Å². The first-order valence-corrected chi connectivity index (χ1v) is 18.7. The summed E-state index contributed by atoms with van der Waals surface area (Å²) in [4.78, 5) is 45.3. The molecule has 3 atom stereocenters. The van der Waals surface area contributed by atoms with Crippen molar-refractivity contribution in [3.8, 4) is 0 Å². The number of aliphatic hydroxyl groups excluding tert-OH is 1. The van der Waals surface area contributed by atoms with E-state index in [1.807, 2.05) is 0 Å². The number of aliphatic carboxylic acids is 1. The largest absolute Gasteiger partial charge is 0.480 e. The van der Waals surface area contributed by atoms with Gasteiger partial charge in [-0.3, -0.25) is 18.6 Å². The number of carboxylic acid groups (broad SMARTS) is 1. The number of phosphoric ester groups is 1. The Bertz CT molecular complexity index is 838. The number of hydrogen-bond donors (Lipinski definition) is 4. The molecule has 0 aromatic carbocycles. The normalized spacial score (nSPS) is 14.2. The van der Waals surface area contributed by atoms with E-state index in [1.54, 1.807) is 0 Å². The highest BCUT2D eigenvalue weighted by atomic mass is 31.2. The summed E-state index contributed by atoms with van der Waals surface area (Å²) < 4.78 is 26.5. The third-order valence-corrected chi connectivity index (χ3v) is 8.26. The zero-order valence-electron chi connectivity index (χ0n) is 27.9. The lowest BCUT2D eigenvalue weighted by Gasteiger charge is -2.18. The van der Waals surface area contributed by atoms with Gasteiger partial charge in [-0.05, 0) is 38.5 Å². The number of allylic oxidation sites excluding steroid dienone is 2. The molecular weight excluding hydrogens is 601 g/mol. The van der Waals surface area contributed by atoms with Crippen molar-refractivity contribution in [3.05, 3.63) is 12.2 Å². The number of carbonyl (C=O) groups is 3. The molecule has 3 unspecified atom stereocenters. The Morgan fingerprint density at radius 2 is 1.16 bits per heavy atom. The predicted molar refractivity (Wildman–Crippen MR) is 176 cm³/mol. The van der Waals surface area contributed by atoms with E-state index in [4.69, 9.17) is 9.26 Å². The standard InChI is InChI=1S/C33H62NO10P/c1-3-5-7-9-10-11-12-13-14-15-16-17-18-19-21-22-24-31(36)34-30(33(38)39)28-44-45(40,41)43-27-29(35)26-42-32(37)25-23-20-8-6-4-2/h14-15,29-30,35H,3-13,16-28H2,1-2H3,(H,34,36)(H,38,39)(H,40,41)/b15-14-. The van der Waals surface area contributed by atoms with Gasteiger partial charge in [0, 0.05) is 12.8 Å². The maximum atomic E-state index is 12.2. The van der Waals surface area contributed by atoms with Gasteiger partial charge >= 0.3 is 19.8 Å². The fourth-order valence-corrected chi connectivity index (χ4v) is 5.32. The summed E-state index contributed by atoms with van der Waals surface area (Å²) in [5, 5.41) is 21.6. The van der Waals surface area contributed by atoms with Crippen molar-refractivity contribution in [2.45, 2.75) is 161 Å². The molecule has 264 valence electrons. The zero-order chi connectivity index (χ0) is 33.6. The highest BCUT2D eigenvalue weighted by Crippen LogP contribution is 2.43. The molecule has 0 aromatic rings. The van der Waals surface area contributed by atoms with E-state index in [2.05, 4.69) is 35.8 Å². The average Bonchev–Trinajstić information content (AvgIpc) is 3.00. The third kappa shape index (κ3) is 29.4. The smallest absolute Gasteiger partial charge is 0.472 e. The maximum Gasteiger partial charge on any atom is 0.472 e. The number of carbonyl (C=O) groups excluding carboxylic acids is 2. The van der Waals surface area contributed by atoms with Crippen LogP contribution in [0, 0.1) is 0 Å². The van der Waals surface area contributed by atoms with Crippen molar-refractivity contribution < 1.29 is 47.8 Å². The molecule has 0 aliphatic heterocycles. The van der Waals surface area contributed by atoms with Crippen molar-refractivity contribution >= 4 is 25.7 Å². The van der Waals surface area contributed by atoms with Crippen LogP contribution in [-0.4, -0.2) is 64.9 Å². The fraction of sp³-hybridized carbons (Fsp3) is 0.848. The van der Waals surface area contributed by atoms with Crippen molar-refractivity contribution in [2.24, 2.45) is 0 Å². The molecule has 0 saturated heterocycles. The maximum absolute atomic E-state index is 12.2. The molecule has 11 nitrogen and oxygen atoms in total. The first kappa shape index (κ1) is 43.2. The second kappa shape index (κ2) is 29.6. The van der Waals surface area contributed by atoms with Crippen molar-refractivity contribution in [3.63, 3.8) is 0 Å². The lowest BCUT2D eigenvalue weighted by atomic mass is 10.1. The summed E-state index contributed by atoms with van der Waals surface area (Å²) in [5.74, 6) is -2.40. The number of aliphatic hydroxyl groups is 1. The summed E-state index contributed by atoms with van der Waals surface area (Å²) in [6.45, 7) is 2.44. The summed E-state index contributed by atoms with van der Waals surface area (Å²) in [6.07, 6.45) is 24.4. The Morgan fingerprint density at radius 1 is 0.689 bits per heavy atom. The van der Waals surface area contributed by atoms with Gasteiger partial charge < -0.3 is 25.2 Å². The van der Waals surface area contributed by atoms with Crippen molar-refractivity contribution in [1.82, 2.24) is 5.32 Å². The van der Waals surface area contributed by atoms with E-state index >= 15 is 0 Å². The molecule has 0 bridgehead atoms. The van der Waals surface area contributed by atoms with Crippen LogP contribution in [0.15, 0.2) is 12.2 Å². The number of ether oxygens (including phenoxy) is 1. The summed E-state index contributed by atoms with van der Waals surface area (Å²) >= 11 is 0. The number of hydrogen-bond acceptors (Lipinski definition) is 8. The molecule has 45 heavy (non-hydrogen) atoms. The molecule has 0 aliphatic rings. The molecule has 0 spiro atoms.